The highest BCUT2D eigenvalue weighted by atomic mass is 16.3. The lowest BCUT2D eigenvalue weighted by Gasteiger charge is -2.20. The summed E-state index contributed by atoms with van der Waals surface area (Å²) in [7, 11) is 0. The fourth-order valence-corrected chi connectivity index (χ4v) is 1.85. The van der Waals surface area contributed by atoms with Crippen molar-refractivity contribution in [3.05, 3.63) is 0 Å². The minimum Gasteiger partial charge on any atom is -0.390 e. The number of fused-ring (bicyclic) bond motifs is 1. The molecule has 3 N–H and O–H groups in total. The van der Waals surface area contributed by atoms with E-state index in [0.29, 0.717) is 12.5 Å². The zero-order chi connectivity index (χ0) is 8.72. The Labute approximate surface area is 71.3 Å². The summed E-state index contributed by atoms with van der Waals surface area (Å²) in [6, 6.07) is 0. The molecule has 4 heteroatoms. The van der Waals surface area contributed by atoms with Gasteiger partial charge in [0.2, 0.25) is 5.91 Å². The lowest BCUT2D eigenvalue weighted by molar-refractivity contribution is -0.131. The van der Waals surface area contributed by atoms with Gasteiger partial charge in [-0.1, -0.05) is 0 Å². The lowest BCUT2D eigenvalue weighted by Crippen LogP contribution is -2.38. The third kappa shape index (κ3) is 1.21. The molecule has 3 atom stereocenters. The highest BCUT2D eigenvalue weighted by Gasteiger charge is 2.52. The first-order chi connectivity index (χ1) is 5.72. The number of aliphatic hydroxyl groups excluding tert-OH is 1. The maximum Gasteiger partial charge on any atom is 0.226 e. The molecule has 1 heterocycles. The van der Waals surface area contributed by atoms with Crippen molar-refractivity contribution in [2.24, 2.45) is 17.6 Å². The SMILES string of the molecule is NCC(O)CN1CC2CC2C1=O. The van der Waals surface area contributed by atoms with Gasteiger partial charge in [0.05, 0.1) is 6.10 Å². The molecule has 1 saturated heterocycles. The van der Waals surface area contributed by atoms with E-state index in [1.165, 1.54) is 0 Å². The highest BCUT2D eigenvalue weighted by Crippen LogP contribution is 2.45. The molecule has 2 fully saturated rings. The zero-order valence-electron chi connectivity index (χ0n) is 6.94. The van der Waals surface area contributed by atoms with Gasteiger partial charge in [-0.25, -0.2) is 0 Å². The Morgan fingerprint density at radius 2 is 2.50 bits per heavy atom. The van der Waals surface area contributed by atoms with Crippen molar-refractivity contribution in [3.8, 4) is 0 Å². The number of nitrogens with zero attached hydrogens (tertiary/aromatic N) is 1. The van der Waals surface area contributed by atoms with Crippen LogP contribution in [0.25, 0.3) is 0 Å². The maximum absolute atomic E-state index is 11.4. The van der Waals surface area contributed by atoms with Crippen molar-refractivity contribution in [1.29, 1.82) is 0 Å². The lowest BCUT2D eigenvalue weighted by atomic mass is 10.3. The van der Waals surface area contributed by atoms with Crippen LogP contribution >= 0.6 is 0 Å². The Hall–Kier alpha value is -0.610. The van der Waals surface area contributed by atoms with Gasteiger partial charge in [0.25, 0.3) is 0 Å². The van der Waals surface area contributed by atoms with Gasteiger partial charge in [0, 0.05) is 25.6 Å². The third-order valence-corrected chi connectivity index (χ3v) is 2.71. The average Bonchev–Trinajstić information content (AvgIpc) is 2.75. The van der Waals surface area contributed by atoms with Crippen molar-refractivity contribution in [3.63, 3.8) is 0 Å². The number of β-amino-alcohol motifs (C(OH)–C–C–N with tert-alkyl or cyclic N) is 1. The number of carbonyl (C=O) groups excluding carboxylic acids is 1. The summed E-state index contributed by atoms with van der Waals surface area (Å²) >= 11 is 0. The molecule has 68 valence electrons. The van der Waals surface area contributed by atoms with E-state index in [2.05, 4.69) is 0 Å². The number of piperidine rings is 1. The number of amides is 1. The number of nitrogens with two attached hydrogens (primary N) is 1. The van der Waals surface area contributed by atoms with E-state index in [4.69, 9.17) is 5.73 Å². The van der Waals surface area contributed by atoms with Crippen LogP contribution in [0.15, 0.2) is 0 Å². The van der Waals surface area contributed by atoms with Crippen LogP contribution in [-0.2, 0) is 4.79 Å². The molecule has 4 nitrogen and oxygen atoms in total. The number of rotatable bonds is 3. The van der Waals surface area contributed by atoms with Gasteiger partial charge >= 0.3 is 0 Å². The molecule has 0 aromatic carbocycles. The molecule has 0 aromatic rings. The van der Waals surface area contributed by atoms with Gasteiger partial charge in [-0.05, 0) is 12.3 Å². The fraction of sp³-hybridized carbons (Fsp3) is 0.875. The smallest absolute Gasteiger partial charge is 0.226 e. The van der Waals surface area contributed by atoms with E-state index in [9.17, 15) is 9.90 Å². The predicted molar refractivity (Wildman–Crippen MR) is 43.2 cm³/mol. The molecule has 0 aromatic heterocycles. The molecule has 0 bridgehead atoms. The van der Waals surface area contributed by atoms with Crippen LogP contribution in [0.2, 0.25) is 0 Å². The number of hydrogen-bond donors (Lipinski definition) is 2. The van der Waals surface area contributed by atoms with E-state index in [0.717, 1.165) is 13.0 Å². The largest absolute Gasteiger partial charge is 0.390 e. The van der Waals surface area contributed by atoms with Crippen molar-refractivity contribution >= 4 is 5.91 Å². The molecule has 0 radical (unpaired) electrons. The third-order valence-electron chi connectivity index (χ3n) is 2.71. The van der Waals surface area contributed by atoms with Crippen molar-refractivity contribution < 1.29 is 9.90 Å². The van der Waals surface area contributed by atoms with Crippen molar-refractivity contribution in [2.45, 2.75) is 12.5 Å². The molecular weight excluding hydrogens is 156 g/mol. The Balaban J connectivity index is 1.86. The van der Waals surface area contributed by atoms with E-state index in [1.807, 2.05) is 0 Å². The Bertz CT molecular complexity index is 207. The fourth-order valence-electron chi connectivity index (χ4n) is 1.85. The van der Waals surface area contributed by atoms with E-state index < -0.39 is 6.10 Å². The van der Waals surface area contributed by atoms with E-state index in [-0.39, 0.29) is 18.4 Å². The highest BCUT2D eigenvalue weighted by molar-refractivity contribution is 5.84. The van der Waals surface area contributed by atoms with E-state index >= 15 is 0 Å². The zero-order valence-corrected chi connectivity index (χ0v) is 6.94. The van der Waals surface area contributed by atoms with Crippen LogP contribution in [0.4, 0.5) is 0 Å². The monoisotopic (exact) mass is 170 g/mol. The Kier molecular flexibility index (Phi) is 1.81. The van der Waals surface area contributed by atoms with Crippen LogP contribution < -0.4 is 5.73 Å². The van der Waals surface area contributed by atoms with Gasteiger partial charge in [-0.3, -0.25) is 4.79 Å². The average molecular weight is 170 g/mol. The van der Waals surface area contributed by atoms with Crippen molar-refractivity contribution in [2.75, 3.05) is 19.6 Å². The van der Waals surface area contributed by atoms with Crippen LogP contribution in [0, 0.1) is 11.8 Å². The molecule has 2 rings (SSSR count). The standard InChI is InChI=1S/C8H14N2O2/c9-2-6(11)4-10-3-5-1-7(5)8(10)12/h5-7,11H,1-4,9H2. The molecule has 1 amide bonds. The summed E-state index contributed by atoms with van der Waals surface area (Å²) in [5, 5.41) is 9.22. The first kappa shape index (κ1) is 8.01. The Morgan fingerprint density at radius 1 is 1.75 bits per heavy atom. The second kappa shape index (κ2) is 2.71. The molecular formula is C8H14N2O2. The van der Waals surface area contributed by atoms with Crippen LogP contribution in [-0.4, -0.2) is 41.7 Å². The summed E-state index contributed by atoms with van der Waals surface area (Å²) in [5.74, 6) is 1.09. The molecule has 12 heavy (non-hydrogen) atoms. The normalized spacial score (nSPS) is 35.2. The molecule has 0 spiro atoms. The van der Waals surface area contributed by atoms with Crippen LogP contribution in [0.5, 0.6) is 0 Å². The van der Waals surface area contributed by atoms with Crippen LogP contribution in [0.3, 0.4) is 0 Å². The van der Waals surface area contributed by atoms with Gasteiger partial charge in [0.15, 0.2) is 0 Å². The van der Waals surface area contributed by atoms with E-state index in [1.54, 1.807) is 4.90 Å². The van der Waals surface area contributed by atoms with Gasteiger partial charge in [-0.15, -0.1) is 0 Å². The number of likely N-dealkylation sites (tertiary alicyclic amines) is 1. The summed E-state index contributed by atoms with van der Waals surface area (Å²) < 4.78 is 0. The minimum absolute atomic E-state index is 0.215. The summed E-state index contributed by atoms with van der Waals surface area (Å²) in [6.45, 7) is 1.49. The minimum atomic E-state index is -0.550. The topological polar surface area (TPSA) is 66.6 Å². The van der Waals surface area contributed by atoms with Crippen LogP contribution in [0.1, 0.15) is 6.42 Å². The summed E-state index contributed by atoms with van der Waals surface area (Å²) in [4.78, 5) is 13.1. The Morgan fingerprint density at radius 3 is 3.00 bits per heavy atom. The van der Waals surface area contributed by atoms with Crippen molar-refractivity contribution in [1.82, 2.24) is 4.90 Å². The maximum atomic E-state index is 11.4. The number of aliphatic hydroxyl groups is 1. The molecule has 3 unspecified atom stereocenters. The molecule has 1 aliphatic heterocycles. The number of hydrogen-bond acceptors (Lipinski definition) is 3. The van der Waals surface area contributed by atoms with Gasteiger partial charge in [0.1, 0.15) is 0 Å². The summed E-state index contributed by atoms with van der Waals surface area (Å²) in [6.07, 6.45) is 0.514. The predicted octanol–water partition coefficient (Wildman–Crippen LogP) is -1.22. The first-order valence-corrected chi connectivity index (χ1v) is 4.39. The van der Waals surface area contributed by atoms with Gasteiger partial charge < -0.3 is 15.7 Å². The first-order valence-electron chi connectivity index (χ1n) is 4.39. The summed E-state index contributed by atoms with van der Waals surface area (Å²) in [5.41, 5.74) is 5.25. The number of carbonyl (C=O) groups is 1. The quantitative estimate of drug-likeness (QED) is 0.558. The molecule has 1 saturated carbocycles. The van der Waals surface area contributed by atoms with Gasteiger partial charge in [-0.2, -0.15) is 0 Å². The molecule has 2 aliphatic rings. The second-order valence-corrected chi connectivity index (χ2v) is 3.74. The second-order valence-electron chi connectivity index (χ2n) is 3.74. The molecule has 1 aliphatic carbocycles.